The average Bonchev–Trinajstić information content (AvgIpc) is 3.61. The molecule has 2 heterocycles. The molecular formula is C30H38ClN7O2. The maximum absolute atomic E-state index is 13.6. The van der Waals surface area contributed by atoms with Crippen LogP contribution in [0, 0.1) is 5.92 Å². The van der Waals surface area contributed by atoms with Gasteiger partial charge < -0.3 is 9.30 Å². The lowest BCUT2D eigenvalue weighted by Crippen LogP contribution is -2.55. The van der Waals surface area contributed by atoms with E-state index in [9.17, 15) is 4.79 Å². The monoisotopic (exact) mass is 563 g/mol. The van der Waals surface area contributed by atoms with Gasteiger partial charge in [0.05, 0.1) is 12.8 Å². The first-order valence-electron chi connectivity index (χ1n) is 13.7. The van der Waals surface area contributed by atoms with E-state index in [0.29, 0.717) is 23.2 Å². The minimum Gasteiger partial charge on any atom is -0.467 e. The molecule has 0 saturated carbocycles. The standard InChI is InChI=1S/C30H38ClN7O2/c1-7-9-14-25-32-27(31)26(30(37(4)5,20(3)8-2)29(39)40-6)38(25)19-21-15-17-22(18-16-21)23-12-10-11-13-24(23)28-33-35-36-34-28/h10-13,15-18,20H,7-9,14,19H2,1-6H3,(H,33,34,35,36)/t20-,30+/m0/s1. The van der Waals surface area contributed by atoms with E-state index in [1.165, 1.54) is 7.11 Å². The molecule has 0 spiro atoms. The maximum Gasteiger partial charge on any atom is 0.332 e. The number of aromatic nitrogens is 6. The summed E-state index contributed by atoms with van der Waals surface area (Å²) in [6.07, 6.45) is 3.51. The van der Waals surface area contributed by atoms with E-state index < -0.39 is 5.54 Å². The summed E-state index contributed by atoms with van der Waals surface area (Å²) < 4.78 is 7.54. The Balaban J connectivity index is 1.80. The highest BCUT2D eigenvalue weighted by Gasteiger charge is 2.52. The first kappa shape index (κ1) is 29.4. The largest absolute Gasteiger partial charge is 0.467 e. The molecule has 9 nitrogen and oxygen atoms in total. The van der Waals surface area contributed by atoms with E-state index in [1.807, 2.05) is 43.3 Å². The smallest absolute Gasteiger partial charge is 0.332 e. The number of hydrogen-bond acceptors (Lipinski definition) is 7. The van der Waals surface area contributed by atoms with E-state index in [-0.39, 0.29) is 11.9 Å². The molecule has 0 bridgehead atoms. The number of hydrogen-bond donors (Lipinski definition) is 1. The summed E-state index contributed by atoms with van der Waals surface area (Å²) in [6.45, 7) is 6.80. The van der Waals surface area contributed by atoms with Crippen LogP contribution in [0.1, 0.15) is 57.1 Å². The number of ether oxygens (including phenoxy) is 1. The lowest BCUT2D eigenvalue weighted by molar-refractivity contribution is -0.159. The highest BCUT2D eigenvalue weighted by molar-refractivity contribution is 6.30. The van der Waals surface area contributed by atoms with Gasteiger partial charge in [-0.25, -0.2) is 9.78 Å². The number of aryl methyl sites for hydroxylation is 1. The lowest BCUT2D eigenvalue weighted by Gasteiger charge is -2.42. The van der Waals surface area contributed by atoms with Crippen molar-refractivity contribution in [1.29, 1.82) is 0 Å². The number of likely N-dealkylation sites (N-methyl/N-ethyl adjacent to an activating group) is 1. The van der Waals surface area contributed by atoms with Gasteiger partial charge in [0.1, 0.15) is 5.82 Å². The van der Waals surface area contributed by atoms with Crippen molar-refractivity contribution >= 4 is 17.6 Å². The number of benzene rings is 2. The molecule has 0 unspecified atom stereocenters. The van der Waals surface area contributed by atoms with Gasteiger partial charge >= 0.3 is 5.97 Å². The van der Waals surface area contributed by atoms with Crippen molar-refractivity contribution in [2.45, 2.75) is 58.5 Å². The van der Waals surface area contributed by atoms with Gasteiger partial charge in [0.15, 0.2) is 10.7 Å². The van der Waals surface area contributed by atoms with Gasteiger partial charge in [-0.1, -0.05) is 93.7 Å². The van der Waals surface area contributed by atoms with Crippen molar-refractivity contribution in [2.24, 2.45) is 5.92 Å². The molecule has 0 saturated heterocycles. The molecule has 0 radical (unpaired) electrons. The third kappa shape index (κ3) is 5.40. The Morgan fingerprint density at radius 3 is 2.40 bits per heavy atom. The molecule has 4 rings (SSSR count). The number of rotatable bonds is 12. The van der Waals surface area contributed by atoms with Crippen LogP contribution < -0.4 is 0 Å². The summed E-state index contributed by atoms with van der Waals surface area (Å²) in [5.74, 6) is 0.994. The molecule has 212 valence electrons. The highest BCUT2D eigenvalue weighted by Crippen LogP contribution is 2.42. The van der Waals surface area contributed by atoms with Gasteiger partial charge in [-0.2, -0.15) is 5.21 Å². The topological polar surface area (TPSA) is 102 Å². The van der Waals surface area contributed by atoms with Crippen molar-refractivity contribution < 1.29 is 9.53 Å². The number of carbonyl (C=O) groups is 1. The molecule has 40 heavy (non-hydrogen) atoms. The SMILES string of the molecule is CCCCc1nc(Cl)c([C@@](C(=O)OC)([C@@H](C)CC)N(C)C)n1Cc1ccc(-c2ccccc2-c2nn[nH]n2)cc1. The van der Waals surface area contributed by atoms with Crippen molar-refractivity contribution in [2.75, 3.05) is 21.2 Å². The second-order valence-corrected chi connectivity index (χ2v) is 10.7. The minimum atomic E-state index is -1.10. The second kappa shape index (κ2) is 12.7. The number of imidazole rings is 1. The molecule has 4 aromatic rings. The van der Waals surface area contributed by atoms with Crippen molar-refractivity contribution in [3.8, 4) is 22.5 Å². The van der Waals surface area contributed by atoms with E-state index in [1.54, 1.807) is 0 Å². The van der Waals surface area contributed by atoms with Crippen molar-refractivity contribution in [1.82, 2.24) is 35.1 Å². The fourth-order valence-corrected chi connectivity index (χ4v) is 5.87. The molecule has 0 aliphatic rings. The first-order chi connectivity index (χ1) is 19.3. The van der Waals surface area contributed by atoms with Gasteiger partial charge in [0.2, 0.25) is 5.82 Å². The molecule has 2 aromatic carbocycles. The van der Waals surface area contributed by atoms with Gasteiger partial charge in [-0.3, -0.25) is 4.90 Å². The van der Waals surface area contributed by atoms with Gasteiger partial charge in [0, 0.05) is 18.5 Å². The van der Waals surface area contributed by atoms with Crippen LogP contribution in [0.15, 0.2) is 48.5 Å². The number of methoxy groups -OCH3 is 1. The van der Waals surface area contributed by atoms with E-state index in [0.717, 1.165) is 53.8 Å². The second-order valence-electron chi connectivity index (χ2n) is 10.3. The predicted molar refractivity (Wildman–Crippen MR) is 157 cm³/mol. The lowest BCUT2D eigenvalue weighted by atomic mass is 9.79. The van der Waals surface area contributed by atoms with Crippen LogP contribution in [0.5, 0.6) is 0 Å². The number of halogens is 1. The van der Waals surface area contributed by atoms with Crippen LogP contribution >= 0.6 is 11.6 Å². The molecule has 2 atom stereocenters. The average molecular weight is 564 g/mol. The Hall–Kier alpha value is -3.56. The molecule has 0 amide bonds. The first-order valence-corrected chi connectivity index (χ1v) is 14.1. The summed E-state index contributed by atoms with van der Waals surface area (Å²) in [6, 6.07) is 16.4. The summed E-state index contributed by atoms with van der Waals surface area (Å²) in [4.78, 5) is 20.3. The molecule has 0 aliphatic heterocycles. The minimum absolute atomic E-state index is 0.0778. The van der Waals surface area contributed by atoms with Crippen LogP contribution in [-0.4, -0.2) is 62.2 Å². The van der Waals surface area contributed by atoms with Crippen LogP contribution in [0.4, 0.5) is 0 Å². The van der Waals surface area contributed by atoms with E-state index in [4.69, 9.17) is 21.3 Å². The van der Waals surface area contributed by atoms with Crippen LogP contribution in [0.3, 0.4) is 0 Å². The molecule has 1 N–H and O–H groups in total. The zero-order valence-corrected chi connectivity index (χ0v) is 24.9. The fraction of sp³-hybridized carbons (Fsp3) is 0.433. The Bertz CT molecular complexity index is 1420. The summed E-state index contributed by atoms with van der Waals surface area (Å²) in [5.41, 5.74) is 3.60. The quantitative estimate of drug-likeness (QED) is 0.219. The number of unbranched alkanes of at least 4 members (excludes halogenated alkanes) is 1. The zero-order chi connectivity index (χ0) is 28.9. The summed E-state index contributed by atoms with van der Waals surface area (Å²) in [7, 11) is 5.23. The van der Waals surface area contributed by atoms with Gasteiger partial charge in [-0.05, 0) is 48.3 Å². The van der Waals surface area contributed by atoms with Gasteiger partial charge in [0.25, 0.3) is 0 Å². The van der Waals surface area contributed by atoms with Gasteiger partial charge in [-0.15, -0.1) is 10.2 Å². The Morgan fingerprint density at radius 2 is 1.82 bits per heavy atom. The number of tetrazole rings is 1. The zero-order valence-electron chi connectivity index (χ0n) is 24.1. The number of H-pyrrole nitrogens is 1. The van der Waals surface area contributed by atoms with Crippen molar-refractivity contribution in [3.05, 3.63) is 70.8 Å². The molecule has 0 fully saturated rings. The van der Waals surface area contributed by atoms with Crippen molar-refractivity contribution in [3.63, 3.8) is 0 Å². The van der Waals surface area contributed by atoms with Crippen LogP contribution in [0.25, 0.3) is 22.5 Å². The molecule has 0 aliphatic carbocycles. The van der Waals surface area contributed by atoms with E-state index in [2.05, 4.69) is 70.2 Å². The normalized spacial score (nSPS) is 13.8. The molecule has 10 heteroatoms. The summed E-state index contributed by atoms with van der Waals surface area (Å²) >= 11 is 6.91. The Morgan fingerprint density at radius 1 is 1.12 bits per heavy atom. The molecular weight excluding hydrogens is 526 g/mol. The fourth-order valence-electron chi connectivity index (χ4n) is 5.52. The Kier molecular flexibility index (Phi) is 9.37. The van der Waals surface area contributed by atoms with Crippen LogP contribution in [-0.2, 0) is 28.0 Å². The van der Waals surface area contributed by atoms with E-state index >= 15 is 0 Å². The number of carbonyl (C=O) groups excluding carboxylic acids is 1. The number of aromatic amines is 1. The number of nitrogens with one attached hydrogen (secondary N) is 1. The predicted octanol–water partition coefficient (Wildman–Crippen LogP) is 5.75. The number of nitrogens with zero attached hydrogens (tertiary/aromatic N) is 6. The highest BCUT2D eigenvalue weighted by atomic mass is 35.5. The van der Waals surface area contributed by atoms with Crippen LogP contribution in [0.2, 0.25) is 5.15 Å². The molecule has 2 aromatic heterocycles. The Labute approximate surface area is 240 Å². The summed E-state index contributed by atoms with van der Waals surface area (Å²) in [5, 5.41) is 14.9. The number of esters is 1. The third-order valence-corrected chi connectivity index (χ3v) is 8.03. The maximum atomic E-state index is 13.6. The third-order valence-electron chi connectivity index (χ3n) is 7.77.